The van der Waals surface area contributed by atoms with E-state index in [1.165, 1.54) is 12.1 Å². The largest absolute Gasteiger partial charge is 0.507 e. The second-order valence-corrected chi connectivity index (χ2v) is 6.34. The third kappa shape index (κ3) is 4.22. The predicted octanol–water partition coefficient (Wildman–Crippen LogP) is 0.419. The molecule has 1 saturated heterocycles. The monoisotopic (exact) mass is 384 g/mol. The summed E-state index contributed by atoms with van der Waals surface area (Å²) >= 11 is 0. The highest BCUT2D eigenvalue weighted by atomic mass is 16.5. The van der Waals surface area contributed by atoms with Crippen LogP contribution in [0.15, 0.2) is 21.3 Å². The van der Waals surface area contributed by atoms with Crippen LogP contribution in [-0.4, -0.2) is 61.6 Å². The first-order valence-corrected chi connectivity index (χ1v) is 8.85. The quantitative estimate of drug-likeness (QED) is 0.447. The Kier molecular flexibility index (Phi) is 6.09. The van der Waals surface area contributed by atoms with Gasteiger partial charge in [0.15, 0.2) is 11.9 Å². The third-order valence-electron chi connectivity index (χ3n) is 4.59. The number of nitrogens with one attached hydrogen (secondary N) is 1. The number of ether oxygens (including phenoxy) is 1. The lowest BCUT2D eigenvalue weighted by Crippen LogP contribution is -2.41. The number of morpholine rings is 1. The van der Waals surface area contributed by atoms with E-state index in [1.54, 1.807) is 6.92 Å². The summed E-state index contributed by atoms with van der Waals surface area (Å²) in [6.45, 7) is 5.83. The summed E-state index contributed by atoms with van der Waals surface area (Å²) in [5.41, 5.74) is -0.357. The Bertz CT molecular complexity index is 1020. The zero-order chi connectivity index (χ0) is 20.1. The normalized spacial score (nSPS) is 14.3. The average molecular weight is 384 g/mol. The van der Waals surface area contributed by atoms with Gasteiger partial charge in [0, 0.05) is 37.5 Å². The minimum Gasteiger partial charge on any atom is -0.507 e. The van der Waals surface area contributed by atoms with Crippen LogP contribution in [0, 0.1) is 18.8 Å². The van der Waals surface area contributed by atoms with Gasteiger partial charge in [-0.2, -0.15) is 0 Å². The van der Waals surface area contributed by atoms with Crippen LogP contribution >= 0.6 is 0 Å². The summed E-state index contributed by atoms with van der Waals surface area (Å²) in [4.78, 5) is 37.5. The van der Waals surface area contributed by atoms with Crippen molar-refractivity contribution in [3.8, 4) is 17.6 Å². The molecule has 0 saturated carbocycles. The Morgan fingerprint density at radius 2 is 2.11 bits per heavy atom. The predicted molar refractivity (Wildman–Crippen MR) is 101 cm³/mol. The smallest absolute Gasteiger partial charge is 0.352 e. The Morgan fingerprint density at radius 1 is 1.36 bits per heavy atom. The number of phenolic OH excluding ortho intramolecular Hbond substituents is 1. The van der Waals surface area contributed by atoms with E-state index in [4.69, 9.17) is 9.15 Å². The molecule has 0 aliphatic carbocycles. The van der Waals surface area contributed by atoms with Crippen molar-refractivity contribution in [1.82, 2.24) is 10.2 Å². The molecule has 1 aliphatic rings. The first-order valence-electron chi connectivity index (χ1n) is 8.85. The average Bonchev–Trinajstić information content (AvgIpc) is 2.68. The van der Waals surface area contributed by atoms with Crippen molar-refractivity contribution in [1.29, 1.82) is 0 Å². The highest BCUT2D eigenvalue weighted by Crippen LogP contribution is 2.27. The van der Waals surface area contributed by atoms with E-state index in [1.807, 2.05) is 0 Å². The summed E-state index contributed by atoms with van der Waals surface area (Å²) in [7, 11) is 0. The number of aromatic hydroxyl groups is 1. The molecule has 1 aliphatic heterocycles. The number of aryl methyl sites for hydroxylation is 1. The second kappa shape index (κ2) is 8.69. The van der Waals surface area contributed by atoms with Gasteiger partial charge in [-0.25, -0.2) is 4.79 Å². The van der Waals surface area contributed by atoms with Crippen LogP contribution < -0.4 is 10.9 Å². The zero-order valence-electron chi connectivity index (χ0n) is 15.4. The van der Waals surface area contributed by atoms with Crippen LogP contribution in [0.3, 0.4) is 0 Å². The maximum Gasteiger partial charge on any atom is 0.352 e. The lowest BCUT2D eigenvalue weighted by Gasteiger charge is -2.26. The molecule has 28 heavy (non-hydrogen) atoms. The molecule has 1 aromatic carbocycles. The van der Waals surface area contributed by atoms with E-state index in [-0.39, 0.29) is 22.5 Å². The molecule has 1 aromatic heterocycles. The fourth-order valence-corrected chi connectivity index (χ4v) is 3.00. The topological polar surface area (TPSA) is 109 Å². The highest BCUT2D eigenvalue weighted by Gasteiger charge is 2.15. The van der Waals surface area contributed by atoms with Crippen LogP contribution in [0.25, 0.3) is 11.0 Å². The number of carbonyl (C=O) groups is 2. The standard InChI is InChI=1S/C20H20N2O6/c1-13-14-2-4-17(24)16(12-23)19(14)28-20(26)15(13)3-5-18(25)21-6-7-22-8-10-27-11-9-22/h2,4,12,24H,6-11H2,1H3,(H,21,25). The SMILES string of the molecule is Cc1c(C#CC(=O)NCCN2CCOCC2)c(=O)oc2c(C=O)c(O)ccc12. The summed E-state index contributed by atoms with van der Waals surface area (Å²) in [5.74, 6) is 4.19. The number of hydrogen-bond acceptors (Lipinski definition) is 7. The van der Waals surface area contributed by atoms with Crippen molar-refractivity contribution in [3.05, 3.63) is 39.2 Å². The number of benzene rings is 1. The maximum absolute atomic E-state index is 12.2. The van der Waals surface area contributed by atoms with E-state index in [0.29, 0.717) is 43.5 Å². The highest BCUT2D eigenvalue weighted by molar-refractivity contribution is 5.99. The Morgan fingerprint density at radius 3 is 2.82 bits per heavy atom. The van der Waals surface area contributed by atoms with E-state index in [9.17, 15) is 19.5 Å². The van der Waals surface area contributed by atoms with Crippen molar-refractivity contribution in [3.63, 3.8) is 0 Å². The van der Waals surface area contributed by atoms with Crippen LogP contribution in [0.5, 0.6) is 5.75 Å². The Labute approximate surface area is 161 Å². The molecule has 0 spiro atoms. The summed E-state index contributed by atoms with van der Waals surface area (Å²) in [6.07, 6.45) is 0.424. The molecule has 0 unspecified atom stereocenters. The van der Waals surface area contributed by atoms with E-state index < -0.39 is 11.5 Å². The summed E-state index contributed by atoms with van der Waals surface area (Å²) in [5, 5.41) is 12.9. The van der Waals surface area contributed by atoms with Gasteiger partial charge in [-0.15, -0.1) is 0 Å². The Balaban J connectivity index is 1.75. The molecule has 3 rings (SSSR count). The van der Waals surface area contributed by atoms with Gasteiger partial charge < -0.3 is 19.6 Å². The van der Waals surface area contributed by atoms with Crippen molar-refractivity contribution in [2.75, 3.05) is 39.4 Å². The lowest BCUT2D eigenvalue weighted by molar-refractivity contribution is -0.115. The lowest BCUT2D eigenvalue weighted by atomic mass is 10.0. The van der Waals surface area contributed by atoms with E-state index in [2.05, 4.69) is 22.1 Å². The summed E-state index contributed by atoms with van der Waals surface area (Å²) in [6, 6.07) is 2.87. The van der Waals surface area contributed by atoms with Gasteiger partial charge in [0.1, 0.15) is 11.3 Å². The molecule has 1 fully saturated rings. The van der Waals surface area contributed by atoms with Gasteiger partial charge in [-0.1, -0.05) is 0 Å². The number of nitrogens with zero attached hydrogens (tertiary/aromatic N) is 1. The van der Waals surface area contributed by atoms with Gasteiger partial charge in [-0.05, 0) is 30.5 Å². The fourth-order valence-electron chi connectivity index (χ4n) is 3.00. The number of carbonyl (C=O) groups excluding carboxylic acids is 2. The first kappa shape index (κ1) is 19.6. The molecule has 146 valence electrons. The van der Waals surface area contributed by atoms with Crippen LogP contribution in [-0.2, 0) is 9.53 Å². The number of phenols is 1. The molecule has 8 heteroatoms. The van der Waals surface area contributed by atoms with Crippen LogP contribution in [0.4, 0.5) is 0 Å². The number of aldehydes is 1. The molecule has 0 radical (unpaired) electrons. The van der Waals surface area contributed by atoms with Gasteiger partial charge in [0.05, 0.1) is 18.8 Å². The maximum atomic E-state index is 12.2. The summed E-state index contributed by atoms with van der Waals surface area (Å²) < 4.78 is 10.4. The molecule has 0 bridgehead atoms. The molecule has 2 heterocycles. The number of amides is 1. The van der Waals surface area contributed by atoms with Gasteiger partial charge in [-0.3, -0.25) is 14.5 Å². The first-order chi connectivity index (χ1) is 13.5. The molecule has 2 N–H and O–H groups in total. The minimum absolute atomic E-state index is 0.00184. The minimum atomic E-state index is -0.771. The molecular weight excluding hydrogens is 364 g/mol. The fraction of sp³-hybridized carbons (Fsp3) is 0.350. The molecule has 2 aromatic rings. The zero-order valence-corrected chi connectivity index (χ0v) is 15.4. The number of rotatable bonds is 4. The number of fused-ring (bicyclic) bond motifs is 1. The van der Waals surface area contributed by atoms with Crippen molar-refractivity contribution in [2.45, 2.75) is 6.92 Å². The van der Waals surface area contributed by atoms with Crippen molar-refractivity contribution in [2.24, 2.45) is 0 Å². The second-order valence-electron chi connectivity index (χ2n) is 6.34. The van der Waals surface area contributed by atoms with Gasteiger partial charge in [0.25, 0.3) is 5.91 Å². The van der Waals surface area contributed by atoms with Crippen LogP contribution in [0.1, 0.15) is 21.5 Å². The molecular formula is C20H20N2O6. The van der Waals surface area contributed by atoms with E-state index in [0.717, 1.165) is 13.1 Å². The van der Waals surface area contributed by atoms with Gasteiger partial charge in [0.2, 0.25) is 0 Å². The Hall–Kier alpha value is -3.15. The number of hydrogen-bond donors (Lipinski definition) is 2. The molecule has 8 nitrogen and oxygen atoms in total. The third-order valence-corrected chi connectivity index (χ3v) is 4.59. The van der Waals surface area contributed by atoms with E-state index >= 15 is 0 Å². The van der Waals surface area contributed by atoms with Crippen molar-refractivity contribution < 1.29 is 23.8 Å². The molecule has 0 atom stereocenters. The molecule has 1 amide bonds. The van der Waals surface area contributed by atoms with Gasteiger partial charge >= 0.3 is 5.63 Å². The van der Waals surface area contributed by atoms with Crippen molar-refractivity contribution >= 4 is 23.2 Å². The van der Waals surface area contributed by atoms with Crippen LogP contribution in [0.2, 0.25) is 0 Å².